The third kappa shape index (κ3) is 2.25. The Morgan fingerprint density at radius 1 is 1.69 bits per heavy atom. The minimum Gasteiger partial charge on any atom is -0.347 e. The van der Waals surface area contributed by atoms with Gasteiger partial charge in [-0.3, -0.25) is 4.79 Å². The first kappa shape index (κ1) is 10.7. The minimum absolute atomic E-state index is 0.121. The zero-order valence-corrected chi connectivity index (χ0v) is 9.49. The molecule has 0 fully saturated rings. The zero-order chi connectivity index (χ0) is 11.4. The van der Waals surface area contributed by atoms with Gasteiger partial charge < -0.3 is 10.3 Å². The van der Waals surface area contributed by atoms with E-state index < -0.39 is 0 Å². The van der Waals surface area contributed by atoms with Gasteiger partial charge in [-0.25, -0.2) is 4.98 Å². The van der Waals surface area contributed by atoms with Crippen LogP contribution < -0.4 is 5.32 Å². The molecular weight excluding hydrogens is 226 g/mol. The summed E-state index contributed by atoms with van der Waals surface area (Å²) in [5.41, 5.74) is 0.343. The number of hydrogen-bond acceptors (Lipinski definition) is 5. The van der Waals surface area contributed by atoms with Crippen LogP contribution in [-0.2, 0) is 0 Å². The lowest BCUT2D eigenvalue weighted by Crippen LogP contribution is -2.29. The Hall–Kier alpha value is -1.76. The van der Waals surface area contributed by atoms with Gasteiger partial charge in [-0.2, -0.15) is 8.75 Å². The van der Waals surface area contributed by atoms with Gasteiger partial charge in [0.25, 0.3) is 5.91 Å². The van der Waals surface area contributed by atoms with Crippen molar-refractivity contribution in [1.82, 2.24) is 24.0 Å². The van der Waals surface area contributed by atoms with Crippen LogP contribution >= 0.6 is 11.7 Å². The van der Waals surface area contributed by atoms with Crippen LogP contribution in [-0.4, -0.2) is 24.6 Å². The number of nitrogens with one attached hydrogen (secondary N) is 2. The van der Waals surface area contributed by atoms with Crippen LogP contribution in [0, 0.1) is 0 Å². The van der Waals surface area contributed by atoms with E-state index in [-0.39, 0.29) is 11.9 Å². The van der Waals surface area contributed by atoms with Crippen molar-refractivity contribution in [2.24, 2.45) is 0 Å². The van der Waals surface area contributed by atoms with Gasteiger partial charge in [-0.15, -0.1) is 0 Å². The normalized spacial score (nSPS) is 12.3. The summed E-state index contributed by atoms with van der Waals surface area (Å²) in [6, 6.07) is -0.121. The fraction of sp³-hybridized carbons (Fsp3) is 0.333. The maximum Gasteiger partial charge on any atom is 0.273 e. The predicted molar refractivity (Wildman–Crippen MR) is 59.0 cm³/mol. The molecule has 7 heteroatoms. The summed E-state index contributed by atoms with van der Waals surface area (Å²) in [6.45, 7) is 1.98. The Morgan fingerprint density at radius 3 is 3.12 bits per heavy atom. The summed E-state index contributed by atoms with van der Waals surface area (Å²) in [5.74, 6) is 0.524. The van der Waals surface area contributed by atoms with E-state index in [0.29, 0.717) is 5.69 Å². The van der Waals surface area contributed by atoms with Gasteiger partial charge in [0.1, 0.15) is 5.82 Å². The van der Waals surface area contributed by atoms with Gasteiger partial charge in [-0.05, 0) is 6.42 Å². The van der Waals surface area contributed by atoms with Crippen LogP contribution in [0.4, 0.5) is 0 Å². The van der Waals surface area contributed by atoms with Gasteiger partial charge >= 0.3 is 0 Å². The lowest BCUT2D eigenvalue weighted by molar-refractivity contribution is 0.0929. The number of imidazole rings is 1. The van der Waals surface area contributed by atoms with Crippen molar-refractivity contribution in [1.29, 1.82) is 0 Å². The molecule has 1 amide bonds. The summed E-state index contributed by atoms with van der Waals surface area (Å²) < 4.78 is 7.66. The summed E-state index contributed by atoms with van der Waals surface area (Å²) >= 11 is 1.02. The molecule has 0 aliphatic carbocycles. The van der Waals surface area contributed by atoms with Gasteiger partial charge in [-0.1, -0.05) is 6.92 Å². The molecule has 2 heterocycles. The van der Waals surface area contributed by atoms with E-state index in [1.807, 2.05) is 6.92 Å². The quantitative estimate of drug-likeness (QED) is 0.835. The molecule has 0 radical (unpaired) electrons. The Morgan fingerprint density at radius 2 is 2.56 bits per heavy atom. The third-order valence-electron chi connectivity index (χ3n) is 2.16. The molecule has 6 nitrogen and oxygen atoms in total. The van der Waals surface area contributed by atoms with Crippen molar-refractivity contribution < 1.29 is 4.79 Å². The molecule has 0 aliphatic rings. The van der Waals surface area contributed by atoms with Crippen molar-refractivity contribution in [3.8, 4) is 0 Å². The molecule has 16 heavy (non-hydrogen) atoms. The smallest absolute Gasteiger partial charge is 0.273 e. The van der Waals surface area contributed by atoms with Crippen LogP contribution in [0.2, 0.25) is 0 Å². The molecule has 84 valence electrons. The second-order valence-corrected chi connectivity index (χ2v) is 3.76. The maximum absolute atomic E-state index is 11.7. The number of rotatable bonds is 4. The third-order valence-corrected chi connectivity index (χ3v) is 2.63. The van der Waals surface area contributed by atoms with Gasteiger partial charge in [0, 0.05) is 12.4 Å². The second kappa shape index (κ2) is 4.84. The van der Waals surface area contributed by atoms with Crippen molar-refractivity contribution in [3.63, 3.8) is 0 Å². The fourth-order valence-corrected chi connectivity index (χ4v) is 1.74. The van der Waals surface area contributed by atoms with Crippen molar-refractivity contribution in [2.75, 3.05) is 0 Å². The van der Waals surface area contributed by atoms with Gasteiger partial charge in [0.2, 0.25) is 0 Å². The first-order valence-corrected chi connectivity index (χ1v) is 5.62. The Balaban J connectivity index is 2.05. The van der Waals surface area contributed by atoms with E-state index in [1.54, 1.807) is 12.4 Å². The molecule has 1 atom stereocenters. The zero-order valence-electron chi connectivity index (χ0n) is 8.67. The molecule has 2 aromatic heterocycles. The number of carbonyl (C=O) groups is 1. The van der Waals surface area contributed by atoms with Crippen LogP contribution in [0.3, 0.4) is 0 Å². The first-order chi connectivity index (χ1) is 7.81. The van der Waals surface area contributed by atoms with Crippen LogP contribution in [0.15, 0.2) is 18.6 Å². The second-order valence-electron chi connectivity index (χ2n) is 3.20. The molecule has 0 aromatic carbocycles. The molecule has 0 spiro atoms. The lowest BCUT2D eigenvalue weighted by Gasteiger charge is -2.13. The van der Waals surface area contributed by atoms with Crippen molar-refractivity contribution in [3.05, 3.63) is 30.1 Å². The number of aromatic amines is 1. The molecule has 0 saturated heterocycles. The number of amides is 1. The molecule has 1 unspecified atom stereocenters. The summed E-state index contributed by atoms with van der Waals surface area (Å²) in [5, 5.41) is 2.84. The molecule has 0 aliphatic heterocycles. The summed E-state index contributed by atoms with van der Waals surface area (Å²) in [7, 11) is 0. The number of hydrogen-bond donors (Lipinski definition) is 2. The number of nitrogens with zero attached hydrogens (tertiary/aromatic N) is 3. The number of H-pyrrole nitrogens is 1. The first-order valence-electron chi connectivity index (χ1n) is 4.89. The highest BCUT2D eigenvalue weighted by atomic mass is 32.1. The van der Waals surface area contributed by atoms with E-state index in [0.717, 1.165) is 24.0 Å². The molecule has 0 bridgehead atoms. The van der Waals surface area contributed by atoms with E-state index in [1.165, 1.54) is 6.20 Å². The van der Waals surface area contributed by atoms with Crippen molar-refractivity contribution >= 4 is 17.6 Å². The molecular formula is C9H11N5OS. The average molecular weight is 237 g/mol. The minimum atomic E-state index is -0.225. The largest absolute Gasteiger partial charge is 0.347 e. The molecule has 0 saturated carbocycles. The average Bonchev–Trinajstić information content (AvgIpc) is 2.96. The topological polar surface area (TPSA) is 83.6 Å². The lowest BCUT2D eigenvalue weighted by atomic mass is 10.2. The molecule has 2 N–H and O–H groups in total. The molecule has 2 aromatic rings. The maximum atomic E-state index is 11.7. The molecule has 2 rings (SSSR count). The van der Waals surface area contributed by atoms with Gasteiger partial charge in [0.05, 0.1) is 24.0 Å². The van der Waals surface area contributed by atoms with Crippen LogP contribution in [0.1, 0.15) is 35.7 Å². The Bertz CT molecular complexity index is 438. The van der Waals surface area contributed by atoms with E-state index in [2.05, 4.69) is 24.0 Å². The SMILES string of the molecule is CCC(NC(=O)c1cnsn1)c1ncc[nH]1. The predicted octanol–water partition coefficient (Wildman–Crippen LogP) is 1.14. The van der Waals surface area contributed by atoms with E-state index in [9.17, 15) is 4.79 Å². The highest BCUT2D eigenvalue weighted by molar-refractivity contribution is 6.99. The van der Waals surface area contributed by atoms with E-state index in [4.69, 9.17) is 0 Å². The Labute approximate surface area is 96.5 Å². The summed E-state index contributed by atoms with van der Waals surface area (Å²) in [6.07, 6.45) is 5.61. The van der Waals surface area contributed by atoms with Gasteiger partial charge in [0.15, 0.2) is 5.69 Å². The van der Waals surface area contributed by atoms with Crippen molar-refractivity contribution in [2.45, 2.75) is 19.4 Å². The number of aromatic nitrogens is 4. The highest BCUT2D eigenvalue weighted by Crippen LogP contribution is 2.12. The highest BCUT2D eigenvalue weighted by Gasteiger charge is 2.17. The van der Waals surface area contributed by atoms with Crippen LogP contribution in [0.25, 0.3) is 0 Å². The fourth-order valence-electron chi connectivity index (χ4n) is 1.33. The van der Waals surface area contributed by atoms with E-state index >= 15 is 0 Å². The monoisotopic (exact) mass is 237 g/mol. The Kier molecular flexibility index (Phi) is 3.25. The number of carbonyl (C=O) groups excluding carboxylic acids is 1. The standard InChI is InChI=1S/C9H11N5OS/c1-2-6(8-10-3-4-11-8)13-9(15)7-5-12-16-14-7/h3-6H,2H2,1H3,(H,10,11)(H,13,15). The summed E-state index contributed by atoms with van der Waals surface area (Å²) in [4.78, 5) is 18.8. The van der Waals surface area contributed by atoms with Crippen LogP contribution in [0.5, 0.6) is 0 Å².